The Morgan fingerprint density at radius 3 is 2.85 bits per heavy atom. The summed E-state index contributed by atoms with van der Waals surface area (Å²) >= 11 is 0. The molecule has 2 rings (SSSR count). The van der Waals surface area contributed by atoms with Crippen LogP contribution >= 0.6 is 0 Å². The van der Waals surface area contributed by atoms with E-state index >= 15 is 0 Å². The van der Waals surface area contributed by atoms with E-state index in [0.717, 1.165) is 0 Å². The van der Waals surface area contributed by atoms with E-state index in [1.54, 1.807) is 6.07 Å². The molecule has 0 saturated heterocycles. The second-order valence-electron chi connectivity index (χ2n) is 2.57. The van der Waals surface area contributed by atoms with Crippen LogP contribution in [0.15, 0.2) is 24.4 Å². The van der Waals surface area contributed by atoms with Crippen LogP contribution < -0.4 is 5.73 Å². The number of anilines is 1. The molecule has 0 aliphatic rings. The number of halogens is 1. The first kappa shape index (κ1) is 7.72. The number of pyridine rings is 1. The molecule has 0 aromatic carbocycles. The Bertz CT molecular complexity index is 424. The highest BCUT2D eigenvalue weighted by atomic mass is 19.1. The van der Waals surface area contributed by atoms with Crippen molar-refractivity contribution in [1.29, 1.82) is 0 Å². The van der Waals surface area contributed by atoms with E-state index in [4.69, 9.17) is 5.73 Å². The van der Waals surface area contributed by atoms with Crippen LogP contribution in [-0.2, 0) is 0 Å². The molecule has 0 unspecified atom stereocenters. The Hall–Kier alpha value is -1.91. The molecule has 2 aromatic heterocycles. The highest BCUT2D eigenvalue weighted by molar-refractivity contribution is 5.57. The molecule has 0 aliphatic carbocycles. The van der Waals surface area contributed by atoms with E-state index in [1.807, 2.05) is 0 Å². The Balaban J connectivity index is 2.46. The van der Waals surface area contributed by atoms with Crippen molar-refractivity contribution in [2.45, 2.75) is 0 Å². The van der Waals surface area contributed by atoms with Crippen molar-refractivity contribution < 1.29 is 4.39 Å². The molecule has 0 spiro atoms. The lowest BCUT2D eigenvalue weighted by atomic mass is 10.3. The van der Waals surface area contributed by atoms with Gasteiger partial charge in [-0.3, -0.25) is 10.1 Å². The summed E-state index contributed by atoms with van der Waals surface area (Å²) in [7, 11) is 0. The van der Waals surface area contributed by atoms with Crippen LogP contribution in [0, 0.1) is 5.82 Å². The Kier molecular flexibility index (Phi) is 1.70. The average molecular weight is 178 g/mol. The molecule has 66 valence electrons. The summed E-state index contributed by atoms with van der Waals surface area (Å²) in [5.41, 5.74) is 6.49. The number of hydrogen-bond donors (Lipinski definition) is 2. The maximum absolute atomic E-state index is 12.8. The molecule has 0 amide bonds. The molecule has 5 heteroatoms. The molecule has 0 atom stereocenters. The normalized spacial score (nSPS) is 10.2. The van der Waals surface area contributed by atoms with Crippen LogP contribution in [0.2, 0.25) is 0 Å². The van der Waals surface area contributed by atoms with E-state index in [0.29, 0.717) is 17.2 Å². The Labute approximate surface area is 73.6 Å². The van der Waals surface area contributed by atoms with Crippen molar-refractivity contribution in [1.82, 2.24) is 15.2 Å². The van der Waals surface area contributed by atoms with Gasteiger partial charge in [-0.05, 0) is 6.07 Å². The largest absolute Gasteiger partial charge is 0.382 e. The third kappa shape index (κ3) is 1.48. The van der Waals surface area contributed by atoms with Gasteiger partial charge >= 0.3 is 0 Å². The molecule has 2 aromatic rings. The lowest BCUT2D eigenvalue weighted by Crippen LogP contribution is -1.84. The van der Waals surface area contributed by atoms with Crippen molar-refractivity contribution in [2.24, 2.45) is 0 Å². The van der Waals surface area contributed by atoms with E-state index < -0.39 is 0 Å². The van der Waals surface area contributed by atoms with Gasteiger partial charge in [0.1, 0.15) is 11.6 Å². The zero-order valence-corrected chi connectivity index (χ0v) is 6.66. The van der Waals surface area contributed by atoms with E-state index in [9.17, 15) is 4.39 Å². The second kappa shape index (κ2) is 2.85. The van der Waals surface area contributed by atoms with Gasteiger partial charge in [0.25, 0.3) is 0 Å². The molecular formula is C8H7FN4. The summed E-state index contributed by atoms with van der Waals surface area (Å²) in [6, 6.07) is 4.19. The summed E-state index contributed by atoms with van der Waals surface area (Å²) in [5, 5.41) is 6.36. The van der Waals surface area contributed by atoms with Crippen molar-refractivity contribution in [3.05, 3.63) is 30.2 Å². The van der Waals surface area contributed by atoms with Crippen LogP contribution in [-0.4, -0.2) is 15.2 Å². The van der Waals surface area contributed by atoms with Crippen molar-refractivity contribution in [3.63, 3.8) is 0 Å². The van der Waals surface area contributed by atoms with Gasteiger partial charge in [-0.1, -0.05) is 0 Å². The predicted molar refractivity (Wildman–Crippen MR) is 46.2 cm³/mol. The summed E-state index contributed by atoms with van der Waals surface area (Å²) in [4.78, 5) is 3.96. The van der Waals surface area contributed by atoms with Gasteiger partial charge in [0, 0.05) is 18.3 Å². The van der Waals surface area contributed by atoms with Crippen LogP contribution in [0.5, 0.6) is 0 Å². The standard InChI is InChI=1S/C8H7FN4/c9-5-1-2-11-6(3-5)7-4-8(10)13-12-7/h1-4H,(H3,10,12,13). The smallest absolute Gasteiger partial charge is 0.145 e. The molecule has 0 bridgehead atoms. The fourth-order valence-corrected chi connectivity index (χ4v) is 1.02. The summed E-state index contributed by atoms with van der Waals surface area (Å²) < 4.78 is 12.8. The van der Waals surface area contributed by atoms with Gasteiger partial charge in [-0.2, -0.15) is 5.10 Å². The quantitative estimate of drug-likeness (QED) is 0.689. The van der Waals surface area contributed by atoms with Gasteiger partial charge in [0.2, 0.25) is 0 Å². The first-order valence-corrected chi connectivity index (χ1v) is 3.68. The molecule has 0 radical (unpaired) electrons. The number of H-pyrrole nitrogens is 1. The number of nitrogens with one attached hydrogen (secondary N) is 1. The summed E-state index contributed by atoms with van der Waals surface area (Å²) in [6.45, 7) is 0. The van der Waals surface area contributed by atoms with Crippen LogP contribution in [0.4, 0.5) is 10.2 Å². The van der Waals surface area contributed by atoms with Gasteiger partial charge in [-0.15, -0.1) is 0 Å². The molecular weight excluding hydrogens is 171 g/mol. The first-order valence-electron chi connectivity index (χ1n) is 3.68. The zero-order chi connectivity index (χ0) is 9.26. The molecule has 3 N–H and O–H groups in total. The molecule has 0 fully saturated rings. The van der Waals surface area contributed by atoms with Crippen molar-refractivity contribution >= 4 is 5.82 Å². The lowest BCUT2D eigenvalue weighted by molar-refractivity contribution is 0.626. The molecule has 2 heterocycles. The number of nitrogen functional groups attached to an aromatic ring is 1. The fourth-order valence-electron chi connectivity index (χ4n) is 1.02. The van der Waals surface area contributed by atoms with Crippen molar-refractivity contribution in [3.8, 4) is 11.4 Å². The highest BCUT2D eigenvalue weighted by Gasteiger charge is 2.02. The van der Waals surface area contributed by atoms with Crippen LogP contribution in [0.1, 0.15) is 0 Å². The SMILES string of the molecule is Nc1cc(-c2cc(F)ccn2)[nH]n1. The van der Waals surface area contributed by atoms with Gasteiger partial charge in [-0.25, -0.2) is 4.39 Å². The number of hydrogen-bond acceptors (Lipinski definition) is 3. The molecule has 0 aliphatic heterocycles. The minimum Gasteiger partial charge on any atom is -0.382 e. The first-order chi connectivity index (χ1) is 6.25. The maximum Gasteiger partial charge on any atom is 0.145 e. The van der Waals surface area contributed by atoms with Crippen molar-refractivity contribution in [2.75, 3.05) is 5.73 Å². The minimum atomic E-state index is -0.335. The number of rotatable bonds is 1. The number of aromatic nitrogens is 3. The highest BCUT2D eigenvalue weighted by Crippen LogP contribution is 2.15. The minimum absolute atomic E-state index is 0.335. The summed E-state index contributed by atoms with van der Waals surface area (Å²) in [5.74, 6) is 0.0271. The summed E-state index contributed by atoms with van der Waals surface area (Å²) in [6.07, 6.45) is 1.39. The number of aromatic amines is 1. The van der Waals surface area contributed by atoms with Crippen LogP contribution in [0.3, 0.4) is 0 Å². The average Bonchev–Trinajstić information content (AvgIpc) is 2.52. The van der Waals surface area contributed by atoms with E-state index in [2.05, 4.69) is 15.2 Å². The predicted octanol–water partition coefficient (Wildman–Crippen LogP) is 1.19. The van der Waals surface area contributed by atoms with Gasteiger partial charge in [0.05, 0.1) is 11.4 Å². The molecule has 13 heavy (non-hydrogen) atoms. The number of nitrogens with zero attached hydrogens (tertiary/aromatic N) is 2. The third-order valence-electron chi connectivity index (χ3n) is 1.60. The van der Waals surface area contributed by atoms with E-state index in [1.165, 1.54) is 18.3 Å². The third-order valence-corrected chi connectivity index (χ3v) is 1.60. The van der Waals surface area contributed by atoms with Crippen LogP contribution in [0.25, 0.3) is 11.4 Å². The van der Waals surface area contributed by atoms with E-state index in [-0.39, 0.29) is 5.82 Å². The fraction of sp³-hybridized carbons (Fsp3) is 0. The Morgan fingerprint density at radius 1 is 1.38 bits per heavy atom. The van der Waals surface area contributed by atoms with Gasteiger partial charge < -0.3 is 5.73 Å². The lowest BCUT2D eigenvalue weighted by Gasteiger charge is -1.94. The maximum atomic E-state index is 12.8. The Morgan fingerprint density at radius 2 is 2.23 bits per heavy atom. The van der Waals surface area contributed by atoms with Gasteiger partial charge in [0.15, 0.2) is 0 Å². The number of nitrogens with two attached hydrogens (primary N) is 1. The second-order valence-corrected chi connectivity index (χ2v) is 2.57. The topological polar surface area (TPSA) is 67.6 Å². The zero-order valence-electron chi connectivity index (χ0n) is 6.66. The molecule has 4 nitrogen and oxygen atoms in total. The monoisotopic (exact) mass is 178 g/mol. The molecule has 0 saturated carbocycles.